The Morgan fingerprint density at radius 1 is 0.871 bits per heavy atom. The van der Waals surface area contributed by atoms with Crippen LogP contribution in [0.15, 0.2) is 71.3 Å². The SMILES string of the molecule is O=C(c1ccc(Oc2ccc(Br)cc2)nc1)N1CCN(C(=O)c2ccccc2O)CC1. The maximum Gasteiger partial charge on any atom is 0.257 e. The van der Waals surface area contributed by atoms with Gasteiger partial charge in [-0.1, -0.05) is 28.1 Å². The number of phenolic OH excluding ortho intramolecular Hbond substituents is 1. The molecule has 0 unspecified atom stereocenters. The third-order valence-corrected chi connectivity index (χ3v) is 5.54. The van der Waals surface area contributed by atoms with E-state index < -0.39 is 0 Å². The highest BCUT2D eigenvalue weighted by Crippen LogP contribution is 2.22. The number of ether oxygens (including phenoxy) is 1. The summed E-state index contributed by atoms with van der Waals surface area (Å²) in [5.41, 5.74) is 0.733. The van der Waals surface area contributed by atoms with Crippen LogP contribution in [0, 0.1) is 0 Å². The van der Waals surface area contributed by atoms with Crippen LogP contribution in [0.5, 0.6) is 17.4 Å². The first kappa shape index (κ1) is 20.9. The van der Waals surface area contributed by atoms with Crippen molar-refractivity contribution >= 4 is 27.7 Å². The molecule has 2 amide bonds. The van der Waals surface area contributed by atoms with Crippen molar-refractivity contribution in [3.63, 3.8) is 0 Å². The molecule has 4 rings (SSSR count). The van der Waals surface area contributed by atoms with Gasteiger partial charge in [-0.25, -0.2) is 4.98 Å². The van der Waals surface area contributed by atoms with Crippen molar-refractivity contribution < 1.29 is 19.4 Å². The largest absolute Gasteiger partial charge is 0.507 e. The van der Waals surface area contributed by atoms with Crippen LogP contribution in [-0.4, -0.2) is 57.9 Å². The van der Waals surface area contributed by atoms with Gasteiger partial charge in [0.15, 0.2) is 0 Å². The van der Waals surface area contributed by atoms with Crippen LogP contribution in [0.1, 0.15) is 20.7 Å². The van der Waals surface area contributed by atoms with Crippen LogP contribution in [0.2, 0.25) is 0 Å². The van der Waals surface area contributed by atoms with Crippen LogP contribution in [0.3, 0.4) is 0 Å². The average Bonchev–Trinajstić information content (AvgIpc) is 2.81. The highest BCUT2D eigenvalue weighted by atomic mass is 79.9. The summed E-state index contributed by atoms with van der Waals surface area (Å²) in [6, 6.07) is 17.2. The fourth-order valence-corrected chi connectivity index (χ4v) is 3.57. The molecular weight excluding hydrogens is 462 g/mol. The summed E-state index contributed by atoms with van der Waals surface area (Å²) >= 11 is 3.37. The average molecular weight is 482 g/mol. The molecule has 0 radical (unpaired) electrons. The zero-order chi connectivity index (χ0) is 21.8. The third-order valence-electron chi connectivity index (χ3n) is 5.01. The van der Waals surface area contributed by atoms with Crippen LogP contribution in [0.4, 0.5) is 0 Å². The Hall–Kier alpha value is -3.39. The number of nitrogens with zero attached hydrogens (tertiary/aromatic N) is 3. The fraction of sp³-hybridized carbons (Fsp3) is 0.174. The van der Waals surface area contributed by atoms with Gasteiger partial charge in [0.1, 0.15) is 11.5 Å². The molecule has 1 aromatic heterocycles. The van der Waals surface area contributed by atoms with Gasteiger partial charge in [-0.3, -0.25) is 9.59 Å². The first-order valence-corrected chi connectivity index (χ1v) is 10.6. The van der Waals surface area contributed by atoms with E-state index in [0.717, 1.165) is 4.47 Å². The maximum atomic E-state index is 12.8. The number of hydrogen-bond donors (Lipinski definition) is 1. The summed E-state index contributed by atoms with van der Waals surface area (Å²) in [4.78, 5) is 33.0. The minimum atomic E-state index is -0.235. The topological polar surface area (TPSA) is 83.0 Å². The van der Waals surface area contributed by atoms with Gasteiger partial charge in [0.2, 0.25) is 5.88 Å². The number of halogens is 1. The standard InChI is InChI=1S/C23H20BrN3O4/c24-17-6-8-18(9-7-17)31-21-10-5-16(15-25-21)22(29)26-11-13-27(14-12-26)23(30)19-3-1-2-4-20(19)28/h1-10,15,28H,11-14H2. The summed E-state index contributed by atoms with van der Waals surface area (Å²) in [6.45, 7) is 1.62. The van der Waals surface area contributed by atoms with Crippen molar-refractivity contribution in [3.8, 4) is 17.4 Å². The minimum absolute atomic E-state index is 0.0393. The molecule has 0 atom stereocenters. The second-order valence-electron chi connectivity index (χ2n) is 7.04. The molecule has 2 aromatic carbocycles. The van der Waals surface area contributed by atoms with Gasteiger partial charge >= 0.3 is 0 Å². The molecule has 0 aliphatic carbocycles. The smallest absolute Gasteiger partial charge is 0.257 e. The molecule has 3 aromatic rings. The lowest BCUT2D eigenvalue weighted by atomic mass is 10.1. The number of hydrogen-bond acceptors (Lipinski definition) is 5. The first-order chi connectivity index (χ1) is 15.0. The first-order valence-electron chi connectivity index (χ1n) is 9.77. The van der Waals surface area contributed by atoms with Crippen molar-refractivity contribution in [1.29, 1.82) is 0 Å². The van der Waals surface area contributed by atoms with Crippen LogP contribution in [0.25, 0.3) is 0 Å². The van der Waals surface area contributed by atoms with Crippen molar-refractivity contribution in [3.05, 3.63) is 82.5 Å². The van der Waals surface area contributed by atoms with E-state index in [1.165, 1.54) is 12.3 Å². The predicted molar refractivity (Wildman–Crippen MR) is 118 cm³/mol. The second kappa shape index (κ2) is 9.18. The van der Waals surface area contributed by atoms with E-state index in [9.17, 15) is 14.7 Å². The molecule has 158 valence electrons. The highest BCUT2D eigenvalue weighted by Gasteiger charge is 2.26. The number of carbonyl (C=O) groups excluding carboxylic acids is 2. The molecule has 8 heteroatoms. The fourth-order valence-electron chi connectivity index (χ4n) is 3.31. The predicted octanol–water partition coefficient (Wildman–Crippen LogP) is 3.94. The Morgan fingerprint density at radius 2 is 1.52 bits per heavy atom. The summed E-state index contributed by atoms with van der Waals surface area (Å²) in [6.07, 6.45) is 1.50. The van der Waals surface area contributed by atoms with Gasteiger partial charge in [-0.2, -0.15) is 0 Å². The van der Waals surface area contributed by atoms with Gasteiger partial charge in [-0.05, 0) is 42.5 Å². The van der Waals surface area contributed by atoms with Crippen molar-refractivity contribution in [1.82, 2.24) is 14.8 Å². The van der Waals surface area contributed by atoms with Gasteiger partial charge in [-0.15, -0.1) is 0 Å². The van der Waals surface area contributed by atoms with E-state index in [2.05, 4.69) is 20.9 Å². The lowest BCUT2D eigenvalue weighted by Crippen LogP contribution is -2.50. The number of aromatic nitrogens is 1. The molecule has 0 saturated carbocycles. The lowest BCUT2D eigenvalue weighted by molar-refractivity contribution is 0.0533. The molecule has 1 saturated heterocycles. The Labute approximate surface area is 188 Å². The molecule has 1 fully saturated rings. The quantitative estimate of drug-likeness (QED) is 0.609. The maximum absolute atomic E-state index is 12.8. The minimum Gasteiger partial charge on any atom is -0.507 e. The van der Waals surface area contributed by atoms with Crippen LogP contribution in [-0.2, 0) is 0 Å². The lowest BCUT2D eigenvalue weighted by Gasteiger charge is -2.34. The Balaban J connectivity index is 1.34. The highest BCUT2D eigenvalue weighted by molar-refractivity contribution is 9.10. The number of para-hydroxylation sites is 1. The number of aromatic hydroxyl groups is 1. The summed E-state index contributed by atoms with van der Waals surface area (Å²) in [5, 5.41) is 9.90. The van der Waals surface area contributed by atoms with Crippen molar-refractivity contribution in [2.75, 3.05) is 26.2 Å². The number of carbonyl (C=O) groups is 2. The van der Waals surface area contributed by atoms with E-state index in [1.54, 1.807) is 40.1 Å². The summed E-state index contributed by atoms with van der Waals surface area (Å²) in [5.74, 6) is 0.637. The molecule has 2 heterocycles. The Bertz CT molecular complexity index is 1080. The third kappa shape index (κ3) is 4.86. The van der Waals surface area contributed by atoms with Crippen molar-refractivity contribution in [2.45, 2.75) is 0 Å². The van der Waals surface area contributed by atoms with Crippen molar-refractivity contribution in [2.24, 2.45) is 0 Å². The molecule has 1 aliphatic heterocycles. The number of pyridine rings is 1. The zero-order valence-electron chi connectivity index (χ0n) is 16.6. The number of piperazine rings is 1. The van der Waals surface area contributed by atoms with Gasteiger partial charge < -0.3 is 19.6 Å². The number of phenols is 1. The van der Waals surface area contributed by atoms with Gasteiger partial charge in [0.05, 0.1) is 11.1 Å². The number of benzene rings is 2. The summed E-state index contributed by atoms with van der Waals surface area (Å²) < 4.78 is 6.64. The Kier molecular flexibility index (Phi) is 6.18. The van der Waals surface area contributed by atoms with Crippen LogP contribution < -0.4 is 4.74 Å². The van der Waals surface area contributed by atoms with E-state index in [0.29, 0.717) is 43.4 Å². The monoisotopic (exact) mass is 481 g/mol. The van der Waals surface area contributed by atoms with E-state index >= 15 is 0 Å². The van der Waals surface area contributed by atoms with Gasteiger partial charge in [0.25, 0.3) is 11.8 Å². The van der Waals surface area contributed by atoms with Crippen LogP contribution >= 0.6 is 15.9 Å². The Morgan fingerprint density at radius 3 is 2.13 bits per heavy atom. The van der Waals surface area contributed by atoms with E-state index in [4.69, 9.17) is 4.74 Å². The zero-order valence-corrected chi connectivity index (χ0v) is 18.2. The number of amides is 2. The summed E-state index contributed by atoms with van der Waals surface area (Å²) in [7, 11) is 0. The van der Waals surface area contributed by atoms with E-state index in [-0.39, 0.29) is 23.1 Å². The molecule has 1 aliphatic rings. The molecular formula is C23H20BrN3O4. The molecule has 31 heavy (non-hydrogen) atoms. The second-order valence-corrected chi connectivity index (χ2v) is 7.96. The molecule has 1 N–H and O–H groups in total. The normalized spacial score (nSPS) is 13.7. The molecule has 0 bridgehead atoms. The van der Waals surface area contributed by atoms with E-state index in [1.807, 2.05) is 24.3 Å². The van der Waals surface area contributed by atoms with Gasteiger partial charge in [0, 0.05) is 42.9 Å². The molecule has 7 nitrogen and oxygen atoms in total. The molecule has 0 spiro atoms. The number of rotatable bonds is 4.